The van der Waals surface area contributed by atoms with Crippen molar-refractivity contribution in [2.24, 2.45) is 5.41 Å². The van der Waals surface area contributed by atoms with Crippen molar-refractivity contribution < 1.29 is 4.79 Å². The number of likely N-dealkylation sites (tertiary alicyclic amines) is 1. The fourth-order valence-corrected chi connectivity index (χ4v) is 3.98. The average Bonchev–Trinajstić information content (AvgIpc) is 3.25. The second kappa shape index (κ2) is 5.52. The number of aromatic nitrogens is 4. The topological polar surface area (TPSA) is 83.9 Å². The maximum absolute atomic E-state index is 12.8. The largest absolute Gasteiger partial charge is 0.338 e. The number of rotatable bonds is 2. The summed E-state index contributed by atoms with van der Waals surface area (Å²) in [5.41, 5.74) is 1.81. The number of hydrogen-bond acceptors (Lipinski definition) is 5. The highest BCUT2D eigenvalue weighted by molar-refractivity contribution is 7.17. The summed E-state index contributed by atoms with van der Waals surface area (Å²) in [7, 11) is 0. The third-order valence-electron chi connectivity index (χ3n) is 4.71. The third-order valence-corrected chi connectivity index (χ3v) is 5.61. The first kappa shape index (κ1) is 16.0. The number of carbonyl (C=O) groups excluding carboxylic acids is 1. The van der Waals surface area contributed by atoms with E-state index in [2.05, 4.69) is 28.9 Å². The maximum atomic E-state index is 12.8. The number of carbonyl (C=O) groups is 1. The van der Waals surface area contributed by atoms with Gasteiger partial charge in [0.2, 0.25) is 5.95 Å². The molecule has 1 aliphatic heterocycles. The number of H-pyrrole nitrogens is 1. The van der Waals surface area contributed by atoms with Gasteiger partial charge in [0.1, 0.15) is 4.70 Å². The Bertz CT molecular complexity index is 1030. The van der Waals surface area contributed by atoms with E-state index in [0.717, 1.165) is 19.5 Å². The number of nitrogens with zero attached hydrogens (tertiary/aromatic N) is 4. The molecule has 1 N–H and O–H groups in total. The zero-order chi connectivity index (χ0) is 17.8. The Morgan fingerprint density at radius 1 is 1.40 bits per heavy atom. The van der Waals surface area contributed by atoms with Crippen molar-refractivity contribution in [3.8, 4) is 5.95 Å². The summed E-state index contributed by atoms with van der Waals surface area (Å²) in [5, 5.41) is 6.12. The van der Waals surface area contributed by atoms with E-state index in [9.17, 15) is 9.59 Å². The van der Waals surface area contributed by atoms with Crippen LogP contribution in [-0.2, 0) is 0 Å². The smallest absolute Gasteiger partial charge is 0.270 e. The summed E-state index contributed by atoms with van der Waals surface area (Å²) in [6.45, 7) is 7.65. The molecule has 4 rings (SSSR count). The van der Waals surface area contributed by atoms with Crippen LogP contribution < -0.4 is 5.56 Å². The van der Waals surface area contributed by atoms with Gasteiger partial charge in [0.25, 0.3) is 11.5 Å². The van der Waals surface area contributed by atoms with Gasteiger partial charge in [-0.25, -0.2) is 9.67 Å². The zero-order valence-corrected chi connectivity index (χ0v) is 15.2. The molecule has 1 aliphatic rings. The molecule has 0 bridgehead atoms. The standard InChI is InChI=1S/C17H19N5O2S/c1-10-11(15(24)21-6-5-17(2,3)9-21)8-18-22(10)16-19-12-4-7-25-13(12)14(23)20-16/h4,7-8H,5-6,9H2,1-3H3,(H,19,20,23). The zero-order valence-electron chi connectivity index (χ0n) is 14.4. The third kappa shape index (κ3) is 2.66. The Hall–Kier alpha value is -2.48. The van der Waals surface area contributed by atoms with Gasteiger partial charge in [-0.1, -0.05) is 13.8 Å². The molecule has 0 aromatic carbocycles. The van der Waals surface area contributed by atoms with E-state index in [4.69, 9.17) is 0 Å². The SMILES string of the molecule is Cc1c(C(=O)N2CCC(C)(C)C2)cnn1-c1nc2ccsc2c(=O)[nH]1. The van der Waals surface area contributed by atoms with Crippen LogP contribution in [0.3, 0.4) is 0 Å². The van der Waals surface area contributed by atoms with Crippen LogP contribution in [-0.4, -0.2) is 43.6 Å². The van der Waals surface area contributed by atoms with Crippen LogP contribution >= 0.6 is 11.3 Å². The van der Waals surface area contributed by atoms with Crippen molar-refractivity contribution in [3.63, 3.8) is 0 Å². The average molecular weight is 357 g/mol. The molecule has 1 saturated heterocycles. The molecular weight excluding hydrogens is 338 g/mol. The van der Waals surface area contributed by atoms with E-state index in [1.807, 2.05) is 17.2 Å². The van der Waals surface area contributed by atoms with Crippen LogP contribution in [0.4, 0.5) is 0 Å². The molecule has 4 heterocycles. The minimum atomic E-state index is -0.195. The number of fused-ring (bicyclic) bond motifs is 1. The molecule has 3 aromatic heterocycles. The summed E-state index contributed by atoms with van der Waals surface area (Å²) in [6.07, 6.45) is 2.55. The van der Waals surface area contributed by atoms with E-state index in [1.165, 1.54) is 16.0 Å². The van der Waals surface area contributed by atoms with Crippen molar-refractivity contribution in [1.82, 2.24) is 24.6 Å². The molecule has 0 aliphatic carbocycles. The Morgan fingerprint density at radius 2 is 2.20 bits per heavy atom. The summed E-state index contributed by atoms with van der Waals surface area (Å²) >= 11 is 1.35. The van der Waals surface area contributed by atoms with Gasteiger partial charge in [0.15, 0.2) is 0 Å². The van der Waals surface area contributed by atoms with Crippen molar-refractivity contribution in [2.75, 3.05) is 13.1 Å². The summed E-state index contributed by atoms with van der Waals surface area (Å²) < 4.78 is 2.11. The minimum Gasteiger partial charge on any atom is -0.338 e. The second-order valence-corrected chi connectivity index (χ2v) is 8.14. The molecule has 0 saturated carbocycles. The Labute approximate surface area is 148 Å². The lowest BCUT2D eigenvalue weighted by molar-refractivity contribution is 0.0777. The van der Waals surface area contributed by atoms with Gasteiger partial charge >= 0.3 is 0 Å². The van der Waals surface area contributed by atoms with Crippen LogP contribution in [0, 0.1) is 12.3 Å². The van der Waals surface area contributed by atoms with Crippen molar-refractivity contribution in [3.05, 3.63) is 39.3 Å². The monoisotopic (exact) mass is 357 g/mol. The molecule has 8 heteroatoms. The van der Waals surface area contributed by atoms with Crippen molar-refractivity contribution in [1.29, 1.82) is 0 Å². The lowest BCUT2D eigenvalue weighted by Gasteiger charge is -2.19. The molecule has 0 radical (unpaired) electrons. The number of hydrogen-bond donors (Lipinski definition) is 1. The Balaban J connectivity index is 1.71. The first-order chi connectivity index (χ1) is 11.9. The number of amides is 1. The fourth-order valence-electron chi connectivity index (χ4n) is 3.25. The van der Waals surface area contributed by atoms with Crippen LogP contribution in [0.25, 0.3) is 16.2 Å². The number of thiophene rings is 1. The van der Waals surface area contributed by atoms with Gasteiger partial charge in [-0.3, -0.25) is 14.6 Å². The van der Waals surface area contributed by atoms with E-state index in [0.29, 0.717) is 27.4 Å². The van der Waals surface area contributed by atoms with Crippen LogP contribution in [0.15, 0.2) is 22.4 Å². The van der Waals surface area contributed by atoms with Gasteiger partial charge in [0, 0.05) is 13.1 Å². The molecule has 0 spiro atoms. The van der Waals surface area contributed by atoms with Gasteiger partial charge in [-0.05, 0) is 30.2 Å². The van der Waals surface area contributed by atoms with Gasteiger partial charge in [-0.2, -0.15) is 5.10 Å². The second-order valence-electron chi connectivity index (χ2n) is 7.22. The summed E-state index contributed by atoms with van der Waals surface area (Å²) in [6, 6.07) is 1.80. The molecule has 1 fully saturated rings. The minimum absolute atomic E-state index is 0.0201. The lowest BCUT2D eigenvalue weighted by Crippen LogP contribution is -2.30. The highest BCUT2D eigenvalue weighted by Crippen LogP contribution is 2.30. The lowest BCUT2D eigenvalue weighted by atomic mass is 9.93. The molecule has 25 heavy (non-hydrogen) atoms. The van der Waals surface area contributed by atoms with E-state index >= 15 is 0 Å². The molecule has 7 nitrogen and oxygen atoms in total. The Kier molecular flexibility index (Phi) is 3.54. The number of aromatic amines is 1. The van der Waals surface area contributed by atoms with Gasteiger partial charge in [-0.15, -0.1) is 11.3 Å². The highest BCUT2D eigenvalue weighted by atomic mass is 32.1. The van der Waals surface area contributed by atoms with E-state index in [-0.39, 0.29) is 16.9 Å². The predicted octanol–water partition coefficient (Wildman–Crippen LogP) is 2.35. The highest BCUT2D eigenvalue weighted by Gasteiger charge is 2.33. The molecule has 0 unspecified atom stereocenters. The first-order valence-corrected chi connectivity index (χ1v) is 9.05. The number of nitrogens with one attached hydrogen (secondary N) is 1. The summed E-state index contributed by atoms with van der Waals surface area (Å²) in [5.74, 6) is 0.308. The maximum Gasteiger partial charge on any atom is 0.270 e. The van der Waals surface area contributed by atoms with Gasteiger partial charge < -0.3 is 4.90 Å². The normalized spacial score (nSPS) is 16.7. The molecule has 1 amide bonds. The first-order valence-electron chi connectivity index (χ1n) is 8.17. The van der Waals surface area contributed by atoms with Crippen LogP contribution in [0.1, 0.15) is 36.3 Å². The quantitative estimate of drug-likeness (QED) is 0.763. The van der Waals surface area contributed by atoms with E-state index < -0.39 is 0 Å². The van der Waals surface area contributed by atoms with Crippen LogP contribution in [0.5, 0.6) is 0 Å². The Morgan fingerprint density at radius 3 is 2.92 bits per heavy atom. The summed E-state index contributed by atoms with van der Waals surface area (Å²) in [4.78, 5) is 34.1. The molecule has 3 aromatic rings. The van der Waals surface area contributed by atoms with Crippen LogP contribution in [0.2, 0.25) is 0 Å². The van der Waals surface area contributed by atoms with Crippen molar-refractivity contribution >= 4 is 27.5 Å². The van der Waals surface area contributed by atoms with Gasteiger partial charge in [0.05, 0.1) is 23.0 Å². The van der Waals surface area contributed by atoms with E-state index in [1.54, 1.807) is 12.3 Å². The fraction of sp³-hybridized carbons (Fsp3) is 0.412. The molecular formula is C17H19N5O2S. The molecule has 130 valence electrons. The predicted molar refractivity (Wildman–Crippen MR) is 96.4 cm³/mol. The van der Waals surface area contributed by atoms with Crippen molar-refractivity contribution in [2.45, 2.75) is 27.2 Å². The molecule has 0 atom stereocenters.